The fourth-order valence-corrected chi connectivity index (χ4v) is 2.76. The largest absolute Gasteiger partial charge is 0.398 e. The third-order valence-electron chi connectivity index (χ3n) is 3.82. The fourth-order valence-electron chi connectivity index (χ4n) is 2.76. The van der Waals surface area contributed by atoms with Crippen molar-refractivity contribution in [2.75, 3.05) is 18.8 Å². The average molecular weight is 273 g/mol. The Morgan fingerprint density at radius 2 is 2.15 bits per heavy atom. The topological polar surface area (TPSA) is 92.5 Å². The molecule has 1 fully saturated rings. The summed E-state index contributed by atoms with van der Waals surface area (Å²) in [4.78, 5) is 37.4. The predicted molar refractivity (Wildman–Crippen MR) is 72.0 cm³/mol. The highest BCUT2D eigenvalue weighted by atomic mass is 16.2. The minimum atomic E-state index is -0.598. The van der Waals surface area contributed by atoms with E-state index in [1.165, 1.54) is 6.07 Å². The SMILES string of the molecule is Nc1cccc2c1C(=O)N(C(=O)CC1CCNC1)C2=O. The number of hydrogen-bond donors (Lipinski definition) is 2. The van der Waals surface area contributed by atoms with Gasteiger partial charge in [-0.3, -0.25) is 14.4 Å². The third kappa shape index (κ3) is 1.89. The predicted octanol–water partition coefficient (Wildman–Crippen LogP) is 0.391. The van der Waals surface area contributed by atoms with Crippen LogP contribution in [0.5, 0.6) is 0 Å². The summed E-state index contributed by atoms with van der Waals surface area (Å²) in [5.74, 6) is -1.42. The molecule has 2 aliphatic rings. The van der Waals surface area contributed by atoms with Crippen LogP contribution in [0.2, 0.25) is 0 Å². The second kappa shape index (κ2) is 4.72. The second-order valence-electron chi connectivity index (χ2n) is 5.17. The molecular formula is C14H15N3O3. The molecule has 0 bridgehead atoms. The number of amides is 3. The number of nitrogen functional groups attached to an aromatic ring is 1. The van der Waals surface area contributed by atoms with E-state index in [2.05, 4.69) is 5.32 Å². The van der Waals surface area contributed by atoms with Crippen LogP contribution in [0.1, 0.15) is 33.6 Å². The number of nitrogens with zero attached hydrogens (tertiary/aromatic N) is 1. The lowest BCUT2D eigenvalue weighted by Crippen LogP contribution is -2.37. The average Bonchev–Trinajstić information content (AvgIpc) is 2.98. The number of carbonyl (C=O) groups excluding carboxylic acids is 3. The molecule has 104 valence electrons. The van der Waals surface area contributed by atoms with Crippen LogP contribution in [0, 0.1) is 5.92 Å². The van der Waals surface area contributed by atoms with Gasteiger partial charge in [-0.2, -0.15) is 0 Å². The van der Waals surface area contributed by atoms with Crippen LogP contribution < -0.4 is 11.1 Å². The minimum Gasteiger partial charge on any atom is -0.398 e. The number of nitrogens with one attached hydrogen (secondary N) is 1. The Morgan fingerprint density at radius 3 is 2.80 bits per heavy atom. The van der Waals surface area contributed by atoms with Gasteiger partial charge in [-0.05, 0) is 37.6 Å². The number of rotatable bonds is 2. The number of hydrogen-bond acceptors (Lipinski definition) is 5. The van der Waals surface area contributed by atoms with Gasteiger partial charge in [-0.15, -0.1) is 0 Å². The molecule has 0 saturated carbocycles. The normalized spacial score (nSPS) is 21.4. The maximum atomic E-state index is 12.2. The van der Waals surface area contributed by atoms with E-state index in [1.54, 1.807) is 12.1 Å². The summed E-state index contributed by atoms with van der Waals surface area (Å²) in [5, 5.41) is 3.16. The highest BCUT2D eigenvalue weighted by Gasteiger charge is 2.41. The molecule has 3 N–H and O–H groups in total. The minimum absolute atomic E-state index is 0.149. The van der Waals surface area contributed by atoms with Crippen LogP contribution in [0.4, 0.5) is 5.69 Å². The molecule has 3 rings (SSSR count). The van der Waals surface area contributed by atoms with Crippen LogP contribution in [0.3, 0.4) is 0 Å². The first-order valence-electron chi connectivity index (χ1n) is 6.60. The van der Waals surface area contributed by atoms with Crippen LogP contribution in [0.15, 0.2) is 18.2 Å². The summed E-state index contributed by atoms with van der Waals surface area (Å²) in [6.07, 6.45) is 1.09. The number of imide groups is 3. The van der Waals surface area contributed by atoms with Crippen molar-refractivity contribution in [3.63, 3.8) is 0 Å². The lowest BCUT2D eigenvalue weighted by Gasteiger charge is -2.14. The molecule has 1 aromatic rings. The molecule has 1 aromatic carbocycles. The molecule has 2 aliphatic heterocycles. The molecule has 1 unspecified atom stereocenters. The van der Waals surface area contributed by atoms with Gasteiger partial charge in [0.1, 0.15) is 0 Å². The number of benzene rings is 1. The highest BCUT2D eigenvalue weighted by Crippen LogP contribution is 2.28. The van der Waals surface area contributed by atoms with Gasteiger partial charge < -0.3 is 11.1 Å². The Morgan fingerprint density at radius 1 is 1.35 bits per heavy atom. The zero-order valence-corrected chi connectivity index (χ0v) is 10.9. The lowest BCUT2D eigenvalue weighted by atomic mass is 10.0. The molecule has 0 aliphatic carbocycles. The van der Waals surface area contributed by atoms with Crippen molar-refractivity contribution in [1.82, 2.24) is 10.2 Å². The van der Waals surface area contributed by atoms with Gasteiger partial charge in [0.25, 0.3) is 11.8 Å². The Kier molecular flexibility index (Phi) is 3.02. The summed E-state index contributed by atoms with van der Waals surface area (Å²) in [6.45, 7) is 1.62. The van der Waals surface area contributed by atoms with Crippen molar-refractivity contribution in [3.8, 4) is 0 Å². The number of carbonyl (C=O) groups is 3. The van der Waals surface area contributed by atoms with Crippen molar-refractivity contribution in [2.45, 2.75) is 12.8 Å². The van der Waals surface area contributed by atoms with Crippen LogP contribution in [-0.2, 0) is 4.79 Å². The van der Waals surface area contributed by atoms with Gasteiger partial charge in [0.2, 0.25) is 5.91 Å². The van der Waals surface area contributed by atoms with Crippen LogP contribution >= 0.6 is 0 Å². The first-order valence-corrected chi connectivity index (χ1v) is 6.60. The van der Waals surface area contributed by atoms with Crippen molar-refractivity contribution < 1.29 is 14.4 Å². The molecule has 0 radical (unpaired) electrons. The van der Waals surface area contributed by atoms with E-state index in [0.717, 1.165) is 24.4 Å². The first-order chi connectivity index (χ1) is 9.59. The van der Waals surface area contributed by atoms with Gasteiger partial charge in [0, 0.05) is 12.1 Å². The van der Waals surface area contributed by atoms with E-state index in [0.29, 0.717) is 0 Å². The zero-order valence-electron chi connectivity index (χ0n) is 10.9. The molecule has 0 spiro atoms. The second-order valence-corrected chi connectivity index (χ2v) is 5.17. The summed E-state index contributed by atoms with van der Waals surface area (Å²) >= 11 is 0. The van der Waals surface area contributed by atoms with Crippen molar-refractivity contribution in [1.29, 1.82) is 0 Å². The van der Waals surface area contributed by atoms with Gasteiger partial charge in [-0.25, -0.2) is 4.90 Å². The zero-order chi connectivity index (χ0) is 14.3. The Labute approximate surface area is 115 Å². The van der Waals surface area contributed by atoms with E-state index >= 15 is 0 Å². The number of fused-ring (bicyclic) bond motifs is 1. The monoisotopic (exact) mass is 273 g/mol. The highest BCUT2D eigenvalue weighted by molar-refractivity contribution is 6.30. The van der Waals surface area contributed by atoms with Gasteiger partial charge in [0.15, 0.2) is 0 Å². The van der Waals surface area contributed by atoms with E-state index in [1.807, 2.05) is 0 Å². The van der Waals surface area contributed by atoms with Crippen molar-refractivity contribution in [2.24, 2.45) is 5.92 Å². The lowest BCUT2D eigenvalue weighted by molar-refractivity contribution is -0.127. The summed E-state index contributed by atoms with van der Waals surface area (Å²) < 4.78 is 0. The molecule has 3 amide bonds. The molecule has 6 nitrogen and oxygen atoms in total. The molecule has 20 heavy (non-hydrogen) atoms. The Bertz CT molecular complexity index is 606. The van der Waals surface area contributed by atoms with Gasteiger partial charge >= 0.3 is 0 Å². The molecule has 6 heteroatoms. The number of anilines is 1. The molecule has 1 atom stereocenters. The van der Waals surface area contributed by atoms with Crippen LogP contribution in [-0.4, -0.2) is 35.7 Å². The maximum Gasteiger partial charge on any atom is 0.270 e. The van der Waals surface area contributed by atoms with E-state index in [9.17, 15) is 14.4 Å². The quantitative estimate of drug-likeness (QED) is 0.600. The maximum absolute atomic E-state index is 12.2. The van der Waals surface area contributed by atoms with Crippen LogP contribution in [0.25, 0.3) is 0 Å². The first kappa shape index (κ1) is 12.8. The fraction of sp³-hybridized carbons (Fsp3) is 0.357. The Hall–Kier alpha value is -2.21. The third-order valence-corrected chi connectivity index (χ3v) is 3.82. The Balaban J connectivity index is 1.85. The summed E-state index contributed by atoms with van der Waals surface area (Å²) in [5.41, 5.74) is 6.33. The summed E-state index contributed by atoms with van der Waals surface area (Å²) in [6, 6.07) is 4.68. The van der Waals surface area contributed by atoms with Crippen molar-refractivity contribution >= 4 is 23.4 Å². The van der Waals surface area contributed by atoms with E-state index < -0.39 is 17.7 Å². The van der Waals surface area contributed by atoms with Gasteiger partial charge in [-0.1, -0.05) is 6.07 Å². The molecule has 0 aromatic heterocycles. The molecule has 1 saturated heterocycles. The van der Waals surface area contributed by atoms with E-state index in [4.69, 9.17) is 5.73 Å². The number of nitrogens with two attached hydrogens (primary N) is 1. The van der Waals surface area contributed by atoms with Crippen molar-refractivity contribution in [3.05, 3.63) is 29.3 Å². The molecule has 2 heterocycles. The summed E-state index contributed by atoms with van der Waals surface area (Å²) in [7, 11) is 0. The van der Waals surface area contributed by atoms with Gasteiger partial charge in [0.05, 0.1) is 11.1 Å². The van der Waals surface area contributed by atoms with E-state index in [-0.39, 0.29) is 29.2 Å². The smallest absolute Gasteiger partial charge is 0.270 e. The standard InChI is InChI=1S/C14H15N3O3/c15-10-3-1-2-9-12(10)14(20)17(13(9)19)11(18)6-8-4-5-16-7-8/h1-3,8,16H,4-7,15H2. The molecular weight excluding hydrogens is 258 g/mol.